The standard InChI is InChI=1S/C21H22ClN5O3/c22-15-5-6-18(23-13-15)25-9-11-26(12-10-25)20(29)7-8-21(30)27-14-19(28)24-16-3-1-2-4-17(16)27/h1-6,13H,7-12,14H2,(H,24,28). The number of nitrogens with one attached hydrogen (secondary N) is 1. The Labute approximate surface area is 179 Å². The summed E-state index contributed by atoms with van der Waals surface area (Å²) in [6.45, 7) is 2.47. The Balaban J connectivity index is 1.30. The van der Waals surface area contributed by atoms with Crippen molar-refractivity contribution in [2.45, 2.75) is 12.8 Å². The second-order valence-corrected chi connectivity index (χ2v) is 7.68. The summed E-state index contributed by atoms with van der Waals surface area (Å²) in [6, 6.07) is 10.8. The van der Waals surface area contributed by atoms with Gasteiger partial charge >= 0.3 is 0 Å². The second-order valence-electron chi connectivity index (χ2n) is 7.25. The molecule has 9 heteroatoms. The molecule has 0 bridgehead atoms. The van der Waals surface area contributed by atoms with E-state index >= 15 is 0 Å². The zero-order valence-corrected chi connectivity index (χ0v) is 17.1. The van der Waals surface area contributed by atoms with Crippen LogP contribution in [0.15, 0.2) is 42.6 Å². The summed E-state index contributed by atoms with van der Waals surface area (Å²) in [5, 5.41) is 3.35. The van der Waals surface area contributed by atoms with Gasteiger partial charge in [-0.2, -0.15) is 0 Å². The highest BCUT2D eigenvalue weighted by Crippen LogP contribution is 2.29. The molecule has 1 aromatic carbocycles. The van der Waals surface area contributed by atoms with Crippen LogP contribution in [0, 0.1) is 0 Å². The third kappa shape index (κ3) is 4.38. The molecule has 2 aliphatic heterocycles. The highest BCUT2D eigenvalue weighted by Gasteiger charge is 2.28. The van der Waals surface area contributed by atoms with Crippen molar-refractivity contribution in [3.05, 3.63) is 47.6 Å². The highest BCUT2D eigenvalue weighted by atomic mass is 35.5. The predicted molar refractivity (Wildman–Crippen MR) is 115 cm³/mol. The van der Waals surface area contributed by atoms with Crippen molar-refractivity contribution in [3.8, 4) is 0 Å². The first-order valence-corrected chi connectivity index (χ1v) is 10.2. The molecule has 0 saturated carbocycles. The van der Waals surface area contributed by atoms with Crippen LogP contribution < -0.4 is 15.1 Å². The Morgan fingerprint density at radius 3 is 2.47 bits per heavy atom. The van der Waals surface area contributed by atoms with Crippen LogP contribution in [0.3, 0.4) is 0 Å². The van der Waals surface area contributed by atoms with E-state index in [0.717, 1.165) is 5.82 Å². The summed E-state index contributed by atoms with van der Waals surface area (Å²) in [5.74, 6) is 0.320. The first-order valence-electron chi connectivity index (χ1n) is 9.85. The topological polar surface area (TPSA) is 85.9 Å². The van der Waals surface area contributed by atoms with Gasteiger partial charge in [-0.1, -0.05) is 23.7 Å². The fourth-order valence-corrected chi connectivity index (χ4v) is 3.81. The van der Waals surface area contributed by atoms with E-state index in [2.05, 4.69) is 15.2 Å². The number of fused-ring (bicyclic) bond motifs is 1. The van der Waals surface area contributed by atoms with Gasteiger partial charge in [0.15, 0.2) is 0 Å². The number of benzene rings is 1. The zero-order chi connectivity index (χ0) is 21.1. The van der Waals surface area contributed by atoms with Gasteiger partial charge in [-0.25, -0.2) is 4.98 Å². The van der Waals surface area contributed by atoms with Gasteiger partial charge < -0.3 is 20.0 Å². The molecule has 1 fully saturated rings. The highest BCUT2D eigenvalue weighted by molar-refractivity contribution is 6.30. The SMILES string of the molecule is O=C1CN(C(=O)CCC(=O)N2CCN(c3ccc(Cl)cn3)CC2)c2ccccc2N1. The maximum absolute atomic E-state index is 12.7. The summed E-state index contributed by atoms with van der Waals surface area (Å²) < 4.78 is 0. The van der Waals surface area contributed by atoms with Crippen LogP contribution in [0.25, 0.3) is 0 Å². The number of pyridine rings is 1. The quantitative estimate of drug-likeness (QED) is 0.808. The number of hydrogen-bond acceptors (Lipinski definition) is 5. The third-order valence-corrected chi connectivity index (χ3v) is 5.52. The minimum absolute atomic E-state index is 0.0309. The monoisotopic (exact) mass is 427 g/mol. The number of rotatable bonds is 4. The van der Waals surface area contributed by atoms with Crippen LogP contribution >= 0.6 is 11.6 Å². The van der Waals surface area contributed by atoms with Crippen molar-refractivity contribution in [1.82, 2.24) is 9.88 Å². The van der Waals surface area contributed by atoms with Gasteiger partial charge in [-0.15, -0.1) is 0 Å². The first-order chi connectivity index (χ1) is 14.5. The molecule has 4 rings (SSSR count). The smallest absolute Gasteiger partial charge is 0.244 e. The largest absolute Gasteiger partial charge is 0.353 e. The van der Waals surface area contributed by atoms with Crippen LogP contribution in [0.4, 0.5) is 17.2 Å². The fraction of sp³-hybridized carbons (Fsp3) is 0.333. The van der Waals surface area contributed by atoms with E-state index in [0.29, 0.717) is 42.6 Å². The molecule has 0 spiro atoms. The van der Waals surface area contributed by atoms with E-state index in [9.17, 15) is 14.4 Å². The van der Waals surface area contributed by atoms with E-state index in [4.69, 9.17) is 11.6 Å². The van der Waals surface area contributed by atoms with E-state index < -0.39 is 0 Å². The maximum Gasteiger partial charge on any atom is 0.244 e. The van der Waals surface area contributed by atoms with Crippen LogP contribution in [0.1, 0.15) is 12.8 Å². The minimum Gasteiger partial charge on any atom is -0.353 e. The average molecular weight is 428 g/mol. The molecule has 8 nitrogen and oxygen atoms in total. The van der Waals surface area contributed by atoms with Crippen molar-refractivity contribution >= 4 is 46.5 Å². The number of carbonyl (C=O) groups excluding carboxylic acids is 3. The van der Waals surface area contributed by atoms with E-state index in [-0.39, 0.29) is 37.1 Å². The van der Waals surface area contributed by atoms with Crippen molar-refractivity contribution < 1.29 is 14.4 Å². The lowest BCUT2D eigenvalue weighted by atomic mass is 10.1. The Kier molecular flexibility index (Phi) is 5.85. The summed E-state index contributed by atoms with van der Waals surface area (Å²) in [4.78, 5) is 46.9. The molecular formula is C21H22ClN5O3. The van der Waals surface area contributed by atoms with Crippen LogP contribution in [-0.4, -0.2) is 60.3 Å². The molecule has 156 valence electrons. The molecule has 0 radical (unpaired) electrons. The lowest BCUT2D eigenvalue weighted by Crippen LogP contribution is -2.49. The molecule has 2 aromatic rings. The number of aromatic nitrogens is 1. The molecule has 0 atom stereocenters. The second kappa shape index (κ2) is 8.71. The number of hydrogen-bond donors (Lipinski definition) is 1. The molecule has 30 heavy (non-hydrogen) atoms. The molecule has 3 amide bonds. The van der Waals surface area contributed by atoms with Crippen LogP contribution in [-0.2, 0) is 14.4 Å². The van der Waals surface area contributed by atoms with Crippen molar-refractivity contribution in [2.24, 2.45) is 0 Å². The number of nitrogens with zero attached hydrogens (tertiary/aromatic N) is 4. The molecule has 1 N–H and O–H groups in total. The van der Waals surface area contributed by atoms with Gasteiger partial charge in [-0.05, 0) is 24.3 Å². The minimum atomic E-state index is -0.236. The number of para-hydroxylation sites is 2. The normalized spacial score (nSPS) is 16.2. The summed E-state index contributed by atoms with van der Waals surface area (Å²) in [7, 11) is 0. The summed E-state index contributed by atoms with van der Waals surface area (Å²) in [6.07, 6.45) is 1.80. The number of anilines is 3. The Morgan fingerprint density at radius 2 is 1.73 bits per heavy atom. The fourth-order valence-electron chi connectivity index (χ4n) is 3.70. The molecule has 1 saturated heterocycles. The molecular weight excluding hydrogens is 406 g/mol. The Bertz CT molecular complexity index is 957. The van der Waals surface area contributed by atoms with E-state index in [1.54, 1.807) is 35.4 Å². The van der Waals surface area contributed by atoms with Crippen molar-refractivity contribution in [1.29, 1.82) is 0 Å². The summed E-state index contributed by atoms with van der Waals surface area (Å²) >= 11 is 5.88. The lowest BCUT2D eigenvalue weighted by molar-refractivity contribution is -0.133. The number of amides is 3. The van der Waals surface area contributed by atoms with Gasteiger partial charge in [0.1, 0.15) is 12.4 Å². The van der Waals surface area contributed by atoms with Crippen LogP contribution in [0.5, 0.6) is 0 Å². The van der Waals surface area contributed by atoms with Gasteiger partial charge in [0, 0.05) is 45.2 Å². The average Bonchev–Trinajstić information content (AvgIpc) is 2.77. The first kappa shape index (κ1) is 20.2. The summed E-state index contributed by atoms with van der Waals surface area (Å²) in [5.41, 5.74) is 1.28. The predicted octanol–water partition coefficient (Wildman–Crippen LogP) is 2.15. The van der Waals surface area contributed by atoms with Crippen molar-refractivity contribution in [2.75, 3.05) is 47.8 Å². The molecule has 1 aromatic heterocycles. The lowest BCUT2D eigenvalue weighted by Gasteiger charge is -2.35. The maximum atomic E-state index is 12.7. The Hall–Kier alpha value is -3.13. The van der Waals surface area contributed by atoms with E-state index in [1.807, 2.05) is 12.1 Å². The molecule has 0 unspecified atom stereocenters. The molecule has 0 aliphatic carbocycles. The van der Waals surface area contributed by atoms with Crippen LogP contribution in [0.2, 0.25) is 5.02 Å². The Morgan fingerprint density at radius 1 is 1.00 bits per heavy atom. The zero-order valence-electron chi connectivity index (χ0n) is 16.4. The van der Waals surface area contributed by atoms with Gasteiger partial charge in [0.05, 0.1) is 16.4 Å². The number of carbonyl (C=O) groups is 3. The molecule has 2 aliphatic rings. The van der Waals surface area contributed by atoms with Gasteiger partial charge in [0.25, 0.3) is 0 Å². The van der Waals surface area contributed by atoms with Gasteiger partial charge in [0.2, 0.25) is 17.7 Å². The van der Waals surface area contributed by atoms with Gasteiger partial charge in [-0.3, -0.25) is 14.4 Å². The molecule has 3 heterocycles. The third-order valence-electron chi connectivity index (χ3n) is 5.29. The number of halogens is 1. The van der Waals surface area contributed by atoms with E-state index in [1.165, 1.54) is 4.90 Å². The number of piperazine rings is 1. The van der Waals surface area contributed by atoms with Crippen molar-refractivity contribution in [3.63, 3.8) is 0 Å².